The summed E-state index contributed by atoms with van der Waals surface area (Å²) in [4.78, 5) is 24.9. The van der Waals surface area contributed by atoms with Crippen molar-refractivity contribution in [3.05, 3.63) is 78.1 Å². The third kappa shape index (κ3) is 3.15. The van der Waals surface area contributed by atoms with E-state index in [1.807, 2.05) is 54.6 Å². The number of hydrogen-bond donors (Lipinski definition) is 1. The number of carbonyl (C=O) groups excluding carboxylic acids is 2. The van der Waals surface area contributed by atoms with Crippen molar-refractivity contribution in [2.45, 2.75) is 32.6 Å². The lowest BCUT2D eigenvalue weighted by Crippen LogP contribution is -2.35. The third-order valence-electron chi connectivity index (χ3n) is 4.60. The summed E-state index contributed by atoms with van der Waals surface area (Å²) in [6.07, 6.45) is 3.54. The summed E-state index contributed by atoms with van der Waals surface area (Å²) in [5.74, 6) is -0.379. The highest BCUT2D eigenvalue weighted by Gasteiger charge is 2.47. The number of allylic oxidation sites excluding steroid dienone is 1. The molecule has 0 bridgehead atoms. The number of esters is 1. The van der Waals surface area contributed by atoms with Gasteiger partial charge in [0.1, 0.15) is 5.41 Å². The first kappa shape index (κ1) is 17.9. The van der Waals surface area contributed by atoms with Crippen LogP contribution in [0, 0.1) is 5.41 Å². The van der Waals surface area contributed by atoms with Gasteiger partial charge in [0.2, 0.25) is 5.91 Å². The summed E-state index contributed by atoms with van der Waals surface area (Å²) in [5.41, 5.74) is 1.26. The first-order chi connectivity index (χ1) is 12.4. The molecule has 1 N–H and O–H groups in total. The van der Waals surface area contributed by atoms with Crippen LogP contribution in [0.25, 0.3) is 0 Å². The van der Waals surface area contributed by atoms with Crippen molar-refractivity contribution in [2.75, 3.05) is 5.32 Å². The van der Waals surface area contributed by atoms with Gasteiger partial charge in [-0.05, 0) is 50.5 Å². The molecule has 134 valence electrons. The van der Waals surface area contributed by atoms with Crippen LogP contribution in [0.5, 0.6) is 0 Å². The minimum atomic E-state index is -0.831. The van der Waals surface area contributed by atoms with E-state index in [1.165, 1.54) is 6.26 Å². The Hall–Kier alpha value is -2.88. The average molecular weight is 349 g/mol. The van der Waals surface area contributed by atoms with Gasteiger partial charge in [0, 0.05) is 5.69 Å². The Morgan fingerprint density at radius 1 is 1.08 bits per heavy atom. The number of anilines is 1. The van der Waals surface area contributed by atoms with Crippen molar-refractivity contribution in [1.29, 1.82) is 0 Å². The number of benzene rings is 2. The maximum atomic E-state index is 13.0. The smallest absolute Gasteiger partial charge is 0.316 e. The molecule has 2 aromatic rings. The minimum absolute atomic E-state index is 0.0725. The van der Waals surface area contributed by atoms with E-state index in [2.05, 4.69) is 5.32 Å². The second-order valence-corrected chi connectivity index (χ2v) is 7.50. The molecule has 1 aliphatic rings. The number of fused-ring (bicyclic) bond motifs is 1. The second-order valence-electron chi connectivity index (χ2n) is 7.50. The molecule has 0 saturated carbocycles. The van der Waals surface area contributed by atoms with Crippen molar-refractivity contribution in [2.24, 2.45) is 5.41 Å². The predicted octanol–water partition coefficient (Wildman–Crippen LogP) is 4.42. The van der Waals surface area contributed by atoms with Crippen LogP contribution in [-0.4, -0.2) is 11.9 Å². The lowest BCUT2D eigenvalue weighted by Gasteiger charge is -2.27. The van der Waals surface area contributed by atoms with E-state index in [1.54, 1.807) is 26.8 Å². The highest BCUT2D eigenvalue weighted by Crippen LogP contribution is 2.45. The van der Waals surface area contributed by atoms with Gasteiger partial charge in [0.15, 0.2) is 0 Å². The molecule has 0 aliphatic carbocycles. The van der Waals surface area contributed by atoms with E-state index in [9.17, 15) is 9.59 Å². The first-order valence-electron chi connectivity index (χ1n) is 8.68. The van der Waals surface area contributed by atoms with Gasteiger partial charge in [0.05, 0.1) is 11.7 Å². The topological polar surface area (TPSA) is 55.4 Å². The van der Waals surface area contributed by atoms with Crippen LogP contribution in [0.4, 0.5) is 5.69 Å². The summed E-state index contributed by atoms with van der Waals surface area (Å²) in [5, 5.41) is 2.98. The fraction of sp³-hybridized carbons (Fsp3) is 0.273. The second kappa shape index (κ2) is 6.79. The van der Waals surface area contributed by atoms with Crippen LogP contribution in [0.3, 0.4) is 0 Å². The zero-order chi connectivity index (χ0) is 18.8. The normalized spacial score (nSPS) is 19.3. The van der Waals surface area contributed by atoms with Crippen LogP contribution in [0.2, 0.25) is 0 Å². The lowest BCUT2D eigenvalue weighted by molar-refractivity contribution is -0.146. The van der Waals surface area contributed by atoms with Gasteiger partial charge in [-0.25, -0.2) is 0 Å². The summed E-state index contributed by atoms with van der Waals surface area (Å²) in [7, 11) is 0. The van der Waals surface area contributed by atoms with E-state index in [-0.39, 0.29) is 11.9 Å². The van der Waals surface area contributed by atoms with Crippen molar-refractivity contribution in [3.8, 4) is 0 Å². The summed E-state index contributed by atoms with van der Waals surface area (Å²) in [6.45, 7) is 5.40. The van der Waals surface area contributed by atoms with Gasteiger partial charge >= 0.3 is 5.97 Å². The molecule has 26 heavy (non-hydrogen) atoms. The van der Waals surface area contributed by atoms with Gasteiger partial charge in [-0.3, -0.25) is 9.59 Å². The van der Waals surface area contributed by atoms with E-state index < -0.39 is 10.8 Å². The standard InChI is InChI=1S/C22H23NO3/c1-21(2,3)20(25)26-15-9-14-22(16-10-5-4-6-11-16)17-12-7-8-13-18(17)23-19(22)24/h4-13,15H,14H2,1-3H3,(H,23,24)/b15-9-. The predicted molar refractivity (Wildman–Crippen MR) is 102 cm³/mol. The SMILES string of the molecule is CC(C)(C)C(=O)O/C=C\CC1(c2ccccc2)C(=O)Nc2ccccc21. The maximum absolute atomic E-state index is 13.0. The number of carbonyl (C=O) groups is 2. The number of para-hydroxylation sites is 1. The number of hydrogen-bond acceptors (Lipinski definition) is 3. The molecule has 0 fully saturated rings. The molecular weight excluding hydrogens is 326 g/mol. The molecule has 1 aliphatic heterocycles. The van der Waals surface area contributed by atoms with Crippen LogP contribution < -0.4 is 5.32 Å². The molecule has 0 saturated heterocycles. The minimum Gasteiger partial charge on any atom is -0.434 e. The third-order valence-corrected chi connectivity index (χ3v) is 4.60. The van der Waals surface area contributed by atoms with Crippen LogP contribution in [0.15, 0.2) is 66.9 Å². The van der Waals surface area contributed by atoms with Crippen molar-refractivity contribution >= 4 is 17.6 Å². The molecule has 0 radical (unpaired) electrons. The molecule has 0 aromatic heterocycles. The Morgan fingerprint density at radius 2 is 1.73 bits per heavy atom. The molecular formula is C22H23NO3. The fourth-order valence-corrected chi connectivity index (χ4v) is 3.16. The highest BCUT2D eigenvalue weighted by molar-refractivity contribution is 6.08. The molecule has 3 rings (SSSR count). The molecule has 4 heteroatoms. The Balaban J connectivity index is 1.94. The molecule has 1 amide bonds. The maximum Gasteiger partial charge on any atom is 0.316 e. The number of amides is 1. The largest absolute Gasteiger partial charge is 0.434 e. The Labute approximate surface area is 153 Å². The van der Waals surface area contributed by atoms with E-state index >= 15 is 0 Å². The number of rotatable bonds is 4. The number of nitrogens with one attached hydrogen (secondary N) is 1. The molecule has 1 heterocycles. The molecule has 1 atom stereocenters. The molecule has 2 aromatic carbocycles. The van der Waals surface area contributed by atoms with Crippen molar-refractivity contribution < 1.29 is 14.3 Å². The quantitative estimate of drug-likeness (QED) is 0.657. The molecule has 0 spiro atoms. The first-order valence-corrected chi connectivity index (χ1v) is 8.68. The van der Waals surface area contributed by atoms with Crippen LogP contribution in [0.1, 0.15) is 38.3 Å². The van der Waals surface area contributed by atoms with Crippen molar-refractivity contribution in [3.63, 3.8) is 0 Å². The lowest BCUT2D eigenvalue weighted by atomic mass is 9.73. The van der Waals surface area contributed by atoms with E-state index in [0.717, 1.165) is 16.8 Å². The molecule has 4 nitrogen and oxygen atoms in total. The Kier molecular flexibility index (Phi) is 4.68. The number of ether oxygens (including phenoxy) is 1. The van der Waals surface area contributed by atoms with Gasteiger partial charge < -0.3 is 10.1 Å². The monoisotopic (exact) mass is 349 g/mol. The average Bonchev–Trinajstić information content (AvgIpc) is 2.91. The fourth-order valence-electron chi connectivity index (χ4n) is 3.16. The van der Waals surface area contributed by atoms with E-state index in [4.69, 9.17) is 4.74 Å². The van der Waals surface area contributed by atoms with Gasteiger partial charge in [-0.15, -0.1) is 0 Å². The molecule has 1 unspecified atom stereocenters. The summed E-state index contributed by atoms with van der Waals surface area (Å²) >= 11 is 0. The zero-order valence-electron chi connectivity index (χ0n) is 15.3. The highest BCUT2D eigenvalue weighted by atomic mass is 16.5. The van der Waals surface area contributed by atoms with Crippen LogP contribution >= 0.6 is 0 Å². The summed E-state index contributed by atoms with van der Waals surface area (Å²) in [6, 6.07) is 17.4. The van der Waals surface area contributed by atoms with Gasteiger partial charge in [-0.1, -0.05) is 48.5 Å². The van der Waals surface area contributed by atoms with Gasteiger partial charge in [-0.2, -0.15) is 0 Å². The Morgan fingerprint density at radius 3 is 2.42 bits per heavy atom. The van der Waals surface area contributed by atoms with Crippen LogP contribution in [-0.2, 0) is 19.7 Å². The van der Waals surface area contributed by atoms with E-state index in [0.29, 0.717) is 6.42 Å². The summed E-state index contributed by atoms with van der Waals surface area (Å²) < 4.78 is 5.22. The zero-order valence-corrected chi connectivity index (χ0v) is 15.3. The Bertz CT molecular complexity index is 849. The van der Waals surface area contributed by atoms with Crippen molar-refractivity contribution in [1.82, 2.24) is 0 Å². The van der Waals surface area contributed by atoms with Gasteiger partial charge in [0.25, 0.3) is 0 Å².